The van der Waals surface area contributed by atoms with E-state index in [1.54, 1.807) is 18.9 Å². The first kappa shape index (κ1) is 13.7. The summed E-state index contributed by atoms with van der Waals surface area (Å²) >= 11 is 1.77. The molecule has 0 bridgehead atoms. The maximum Gasteiger partial charge on any atom is 0.237 e. The van der Waals surface area contributed by atoms with Crippen LogP contribution in [0.4, 0.5) is 0 Å². The molecule has 0 aliphatic carbocycles. The summed E-state index contributed by atoms with van der Waals surface area (Å²) in [6.45, 7) is 1.24. The molecule has 0 aliphatic rings. The number of thioether (sulfide) groups is 1. The fourth-order valence-electron chi connectivity index (χ4n) is 0.935. The first-order valence-electron chi connectivity index (χ1n) is 4.73. The van der Waals surface area contributed by atoms with Crippen LogP contribution in [0.1, 0.15) is 12.8 Å². The minimum Gasteiger partial charge on any atom is -0.385 e. The van der Waals surface area contributed by atoms with Gasteiger partial charge >= 0.3 is 0 Å². The lowest BCUT2D eigenvalue weighted by atomic mass is 10.2. The van der Waals surface area contributed by atoms with Crippen LogP contribution in [-0.4, -0.2) is 44.2 Å². The van der Waals surface area contributed by atoms with Gasteiger partial charge in [-0.3, -0.25) is 4.79 Å². The van der Waals surface area contributed by atoms with Crippen molar-refractivity contribution in [2.45, 2.75) is 18.9 Å². The lowest BCUT2D eigenvalue weighted by Gasteiger charge is -2.11. The Morgan fingerprint density at radius 1 is 1.64 bits per heavy atom. The van der Waals surface area contributed by atoms with Gasteiger partial charge in [-0.25, -0.2) is 0 Å². The van der Waals surface area contributed by atoms with Gasteiger partial charge in [0.05, 0.1) is 6.04 Å². The van der Waals surface area contributed by atoms with Crippen LogP contribution in [0.5, 0.6) is 0 Å². The van der Waals surface area contributed by atoms with E-state index in [0.717, 1.165) is 12.2 Å². The highest BCUT2D eigenvalue weighted by Crippen LogP contribution is 1.94. The molecule has 0 heterocycles. The third-order valence-electron chi connectivity index (χ3n) is 1.79. The largest absolute Gasteiger partial charge is 0.385 e. The summed E-state index contributed by atoms with van der Waals surface area (Å²) < 4.78 is 4.84. The number of hydrogen-bond donors (Lipinski definition) is 2. The quantitative estimate of drug-likeness (QED) is 0.574. The molecule has 1 amide bonds. The molecular formula is C9H20N2O2S. The topological polar surface area (TPSA) is 64.3 Å². The molecule has 0 aliphatic heterocycles. The average Bonchev–Trinajstić information content (AvgIpc) is 2.20. The Balaban J connectivity index is 3.42. The summed E-state index contributed by atoms with van der Waals surface area (Å²) in [6, 6.07) is -0.441. The number of nitrogens with two attached hydrogens (primary N) is 1. The van der Waals surface area contributed by atoms with Crippen LogP contribution in [0, 0.1) is 0 Å². The molecule has 0 spiro atoms. The van der Waals surface area contributed by atoms with Crippen molar-refractivity contribution < 1.29 is 9.53 Å². The first-order valence-corrected chi connectivity index (χ1v) is 6.13. The van der Waals surface area contributed by atoms with Gasteiger partial charge in [0, 0.05) is 20.3 Å². The minimum atomic E-state index is -0.441. The van der Waals surface area contributed by atoms with Gasteiger partial charge in [0.25, 0.3) is 0 Å². The Kier molecular flexibility index (Phi) is 9.13. The van der Waals surface area contributed by atoms with E-state index in [1.165, 1.54) is 0 Å². The Hall–Kier alpha value is -0.260. The predicted molar refractivity (Wildman–Crippen MR) is 60.5 cm³/mol. The summed E-state index contributed by atoms with van der Waals surface area (Å²) in [4.78, 5) is 11.3. The molecule has 0 saturated carbocycles. The SMILES string of the molecule is COCCC(N)C(=O)NCCCSC. The monoisotopic (exact) mass is 220 g/mol. The molecule has 1 unspecified atom stereocenters. The van der Waals surface area contributed by atoms with Gasteiger partial charge in [0.1, 0.15) is 0 Å². The van der Waals surface area contributed by atoms with E-state index in [9.17, 15) is 4.79 Å². The molecule has 0 radical (unpaired) electrons. The number of carbonyl (C=O) groups excluding carboxylic acids is 1. The second-order valence-electron chi connectivity index (χ2n) is 3.03. The van der Waals surface area contributed by atoms with Crippen molar-refractivity contribution in [3.8, 4) is 0 Å². The van der Waals surface area contributed by atoms with Gasteiger partial charge < -0.3 is 15.8 Å². The van der Waals surface area contributed by atoms with E-state index in [0.29, 0.717) is 19.6 Å². The highest BCUT2D eigenvalue weighted by Gasteiger charge is 2.11. The van der Waals surface area contributed by atoms with Crippen molar-refractivity contribution in [2.75, 3.05) is 32.3 Å². The third kappa shape index (κ3) is 7.17. The third-order valence-corrected chi connectivity index (χ3v) is 2.49. The van der Waals surface area contributed by atoms with Crippen molar-refractivity contribution in [1.29, 1.82) is 0 Å². The Labute approximate surface area is 89.9 Å². The Morgan fingerprint density at radius 3 is 2.93 bits per heavy atom. The fourth-order valence-corrected chi connectivity index (χ4v) is 1.37. The summed E-state index contributed by atoms with van der Waals surface area (Å²) in [5.41, 5.74) is 5.62. The van der Waals surface area contributed by atoms with Crippen LogP contribution in [-0.2, 0) is 9.53 Å². The van der Waals surface area contributed by atoms with Crippen LogP contribution in [0.2, 0.25) is 0 Å². The molecule has 5 heteroatoms. The first-order chi connectivity index (χ1) is 6.72. The number of amides is 1. The van der Waals surface area contributed by atoms with E-state index in [4.69, 9.17) is 10.5 Å². The molecule has 14 heavy (non-hydrogen) atoms. The standard InChI is InChI=1S/C9H20N2O2S/c1-13-6-4-8(10)9(12)11-5-3-7-14-2/h8H,3-7,10H2,1-2H3,(H,11,12). The zero-order chi connectivity index (χ0) is 10.8. The van der Waals surface area contributed by atoms with Crippen molar-refractivity contribution in [1.82, 2.24) is 5.32 Å². The summed E-state index contributed by atoms with van der Waals surface area (Å²) in [5.74, 6) is 0.983. The van der Waals surface area contributed by atoms with Crippen molar-refractivity contribution >= 4 is 17.7 Å². The molecule has 3 N–H and O–H groups in total. The summed E-state index contributed by atoms with van der Waals surface area (Å²) in [7, 11) is 1.60. The number of ether oxygens (including phenoxy) is 1. The zero-order valence-electron chi connectivity index (χ0n) is 8.91. The molecule has 0 fully saturated rings. The maximum atomic E-state index is 11.3. The molecule has 0 aromatic rings. The van der Waals surface area contributed by atoms with Crippen LogP contribution >= 0.6 is 11.8 Å². The second-order valence-corrected chi connectivity index (χ2v) is 4.01. The van der Waals surface area contributed by atoms with E-state index < -0.39 is 6.04 Å². The molecule has 0 rings (SSSR count). The average molecular weight is 220 g/mol. The second kappa shape index (κ2) is 9.30. The maximum absolute atomic E-state index is 11.3. The molecule has 0 aromatic heterocycles. The smallest absolute Gasteiger partial charge is 0.237 e. The van der Waals surface area contributed by atoms with Crippen molar-refractivity contribution in [3.05, 3.63) is 0 Å². The number of hydrogen-bond acceptors (Lipinski definition) is 4. The molecule has 84 valence electrons. The zero-order valence-corrected chi connectivity index (χ0v) is 9.73. The van der Waals surface area contributed by atoms with E-state index in [2.05, 4.69) is 5.32 Å². The Bertz CT molecular complexity index is 156. The van der Waals surface area contributed by atoms with Crippen LogP contribution < -0.4 is 11.1 Å². The van der Waals surface area contributed by atoms with E-state index >= 15 is 0 Å². The van der Waals surface area contributed by atoms with Gasteiger partial charge in [-0.1, -0.05) is 0 Å². The lowest BCUT2D eigenvalue weighted by molar-refractivity contribution is -0.122. The highest BCUT2D eigenvalue weighted by atomic mass is 32.2. The van der Waals surface area contributed by atoms with Crippen LogP contribution in [0.25, 0.3) is 0 Å². The number of nitrogens with one attached hydrogen (secondary N) is 1. The lowest BCUT2D eigenvalue weighted by Crippen LogP contribution is -2.41. The molecular weight excluding hydrogens is 200 g/mol. The van der Waals surface area contributed by atoms with Crippen molar-refractivity contribution in [3.63, 3.8) is 0 Å². The number of carbonyl (C=O) groups is 1. The Morgan fingerprint density at radius 2 is 2.36 bits per heavy atom. The highest BCUT2D eigenvalue weighted by molar-refractivity contribution is 7.98. The van der Waals surface area contributed by atoms with Gasteiger partial charge in [-0.05, 0) is 24.9 Å². The number of methoxy groups -OCH3 is 1. The van der Waals surface area contributed by atoms with Gasteiger partial charge in [0.2, 0.25) is 5.91 Å². The molecule has 0 aromatic carbocycles. The van der Waals surface area contributed by atoms with E-state index in [1.807, 2.05) is 6.26 Å². The minimum absolute atomic E-state index is 0.0804. The number of rotatable bonds is 8. The summed E-state index contributed by atoms with van der Waals surface area (Å²) in [6.07, 6.45) is 3.61. The summed E-state index contributed by atoms with van der Waals surface area (Å²) in [5, 5.41) is 2.79. The van der Waals surface area contributed by atoms with Gasteiger partial charge in [-0.15, -0.1) is 0 Å². The van der Waals surface area contributed by atoms with Crippen molar-refractivity contribution in [2.24, 2.45) is 5.73 Å². The van der Waals surface area contributed by atoms with Crippen LogP contribution in [0.3, 0.4) is 0 Å². The van der Waals surface area contributed by atoms with E-state index in [-0.39, 0.29) is 5.91 Å². The van der Waals surface area contributed by atoms with Crippen LogP contribution in [0.15, 0.2) is 0 Å². The predicted octanol–water partition coefficient (Wildman–Crippen LogP) is 0.220. The molecule has 4 nitrogen and oxygen atoms in total. The van der Waals surface area contributed by atoms with Gasteiger partial charge in [-0.2, -0.15) is 11.8 Å². The molecule has 1 atom stereocenters. The normalized spacial score (nSPS) is 12.5. The van der Waals surface area contributed by atoms with Gasteiger partial charge in [0.15, 0.2) is 0 Å². The molecule has 0 saturated heterocycles. The fraction of sp³-hybridized carbons (Fsp3) is 0.889.